The fourth-order valence-corrected chi connectivity index (χ4v) is 8.26. The van der Waals surface area contributed by atoms with Crippen LogP contribution in [0.4, 0.5) is 11.4 Å². The van der Waals surface area contributed by atoms with Gasteiger partial charge >= 0.3 is 0 Å². The second-order valence-electron chi connectivity index (χ2n) is 12.5. The SMILES string of the molecule is C1=CC(N(c2ccc(-c3ccc4sc5ccccc5c4c3)cc2)c2ccc(-c3cccc4ccccc34)cc2)CC=C1c1ccccc1. The third-order valence-corrected chi connectivity index (χ3v) is 10.8. The van der Waals surface area contributed by atoms with Crippen LogP contribution < -0.4 is 4.90 Å². The highest BCUT2D eigenvalue weighted by Crippen LogP contribution is 2.39. The topological polar surface area (TPSA) is 3.24 Å². The lowest BCUT2D eigenvalue weighted by molar-refractivity contribution is 0.787. The van der Waals surface area contributed by atoms with E-state index < -0.39 is 0 Å². The number of hydrogen-bond acceptors (Lipinski definition) is 2. The lowest BCUT2D eigenvalue weighted by atomic mass is 9.95. The van der Waals surface area contributed by atoms with Crippen LogP contribution in [-0.4, -0.2) is 6.04 Å². The summed E-state index contributed by atoms with van der Waals surface area (Å²) in [5.41, 5.74) is 9.88. The number of fused-ring (bicyclic) bond motifs is 4. The molecule has 0 N–H and O–H groups in total. The number of allylic oxidation sites excluding steroid dienone is 2. The molecule has 1 aliphatic carbocycles. The normalized spacial score (nSPS) is 14.4. The molecule has 1 aromatic heterocycles. The van der Waals surface area contributed by atoms with Crippen molar-refractivity contribution in [1.29, 1.82) is 0 Å². The van der Waals surface area contributed by atoms with E-state index in [9.17, 15) is 0 Å². The van der Waals surface area contributed by atoms with Crippen molar-refractivity contribution in [1.82, 2.24) is 0 Å². The van der Waals surface area contributed by atoms with E-state index in [2.05, 4.69) is 187 Å². The minimum atomic E-state index is 0.195. The Kier molecular flexibility index (Phi) is 7.22. The molecule has 48 heavy (non-hydrogen) atoms. The minimum Gasteiger partial charge on any atom is -0.334 e. The zero-order valence-corrected chi connectivity index (χ0v) is 27.3. The molecule has 0 bridgehead atoms. The van der Waals surface area contributed by atoms with E-state index in [0.29, 0.717) is 0 Å². The first-order chi connectivity index (χ1) is 23.8. The molecule has 7 aromatic carbocycles. The Balaban J connectivity index is 1.08. The van der Waals surface area contributed by atoms with Gasteiger partial charge in [0.2, 0.25) is 0 Å². The molecule has 0 fully saturated rings. The van der Waals surface area contributed by atoms with Crippen molar-refractivity contribution < 1.29 is 0 Å². The number of thiophene rings is 1. The number of rotatable bonds is 6. The van der Waals surface area contributed by atoms with Crippen molar-refractivity contribution in [3.8, 4) is 22.3 Å². The molecule has 0 radical (unpaired) electrons. The van der Waals surface area contributed by atoms with Crippen molar-refractivity contribution in [2.24, 2.45) is 0 Å². The largest absolute Gasteiger partial charge is 0.334 e. The van der Waals surface area contributed by atoms with Crippen molar-refractivity contribution in [3.63, 3.8) is 0 Å². The van der Waals surface area contributed by atoms with Gasteiger partial charge in [0.15, 0.2) is 0 Å². The van der Waals surface area contributed by atoms with Crippen LogP contribution >= 0.6 is 11.3 Å². The zero-order valence-electron chi connectivity index (χ0n) is 26.5. The molecule has 1 atom stereocenters. The van der Waals surface area contributed by atoms with E-state index in [0.717, 1.165) is 6.42 Å². The molecule has 0 aliphatic heterocycles. The van der Waals surface area contributed by atoms with Crippen LogP contribution in [-0.2, 0) is 0 Å². The first kappa shape index (κ1) is 28.5. The van der Waals surface area contributed by atoms with Crippen molar-refractivity contribution in [3.05, 3.63) is 188 Å². The predicted octanol–water partition coefficient (Wildman–Crippen LogP) is 13.1. The first-order valence-electron chi connectivity index (χ1n) is 16.6. The van der Waals surface area contributed by atoms with Gasteiger partial charge in [0, 0.05) is 31.5 Å². The molecular formula is C46H33NS. The maximum Gasteiger partial charge on any atom is 0.0560 e. The summed E-state index contributed by atoms with van der Waals surface area (Å²) in [7, 11) is 0. The molecule has 1 nitrogen and oxygen atoms in total. The lowest BCUT2D eigenvalue weighted by Crippen LogP contribution is -2.30. The Morgan fingerprint density at radius 3 is 1.90 bits per heavy atom. The van der Waals surface area contributed by atoms with E-state index in [1.165, 1.54) is 75.7 Å². The van der Waals surface area contributed by atoms with Gasteiger partial charge in [-0.3, -0.25) is 0 Å². The van der Waals surface area contributed by atoms with Crippen LogP contribution in [0, 0.1) is 0 Å². The maximum atomic E-state index is 2.49. The van der Waals surface area contributed by atoms with Crippen LogP contribution in [0.1, 0.15) is 12.0 Å². The molecule has 9 rings (SSSR count). The smallest absolute Gasteiger partial charge is 0.0560 e. The van der Waals surface area contributed by atoms with Gasteiger partial charge in [-0.25, -0.2) is 0 Å². The van der Waals surface area contributed by atoms with Gasteiger partial charge in [0.05, 0.1) is 6.04 Å². The fourth-order valence-electron chi connectivity index (χ4n) is 7.18. The van der Waals surface area contributed by atoms with Gasteiger partial charge in [0.1, 0.15) is 0 Å². The molecule has 0 spiro atoms. The Morgan fingerprint density at radius 2 is 1.12 bits per heavy atom. The molecule has 0 saturated carbocycles. The maximum absolute atomic E-state index is 2.49. The molecule has 8 aromatic rings. The van der Waals surface area contributed by atoms with Gasteiger partial charge in [-0.1, -0.05) is 140 Å². The van der Waals surface area contributed by atoms with Gasteiger partial charge < -0.3 is 4.90 Å². The summed E-state index contributed by atoms with van der Waals surface area (Å²) in [6, 6.07) is 59.9. The molecule has 1 aliphatic rings. The summed E-state index contributed by atoms with van der Waals surface area (Å²) in [5.74, 6) is 0. The van der Waals surface area contributed by atoms with E-state index >= 15 is 0 Å². The molecular weight excluding hydrogens is 599 g/mol. The standard InChI is InChI=1S/C46H33NS/c1-2-9-32(10-3-1)33-17-24-38(25-18-33)47(40-28-21-36(22-29-40)42-15-8-12-35-11-4-5-13-41(35)42)39-26-19-34(20-27-39)37-23-30-46-44(31-37)43-14-6-7-16-45(43)48-46/h1-24,26-31,38H,25H2. The first-order valence-corrected chi connectivity index (χ1v) is 17.4. The lowest BCUT2D eigenvalue weighted by Gasteiger charge is -2.33. The summed E-state index contributed by atoms with van der Waals surface area (Å²) in [6.07, 6.45) is 7.96. The average molecular weight is 632 g/mol. The van der Waals surface area contributed by atoms with Crippen molar-refractivity contribution in [2.75, 3.05) is 4.90 Å². The number of benzene rings is 7. The highest BCUT2D eigenvalue weighted by Gasteiger charge is 2.21. The Hall–Kier alpha value is -5.70. The minimum absolute atomic E-state index is 0.195. The Bertz CT molecular complexity index is 2460. The quantitative estimate of drug-likeness (QED) is 0.176. The predicted molar refractivity (Wildman–Crippen MR) is 208 cm³/mol. The highest BCUT2D eigenvalue weighted by molar-refractivity contribution is 7.25. The summed E-state index contributed by atoms with van der Waals surface area (Å²) in [4.78, 5) is 2.49. The van der Waals surface area contributed by atoms with Crippen LogP contribution in [0.2, 0.25) is 0 Å². The van der Waals surface area contributed by atoms with Gasteiger partial charge in [-0.15, -0.1) is 11.3 Å². The van der Waals surface area contributed by atoms with E-state index in [1.54, 1.807) is 0 Å². The summed E-state index contributed by atoms with van der Waals surface area (Å²) >= 11 is 1.87. The molecule has 0 amide bonds. The molecule has 1 unspecified atom stereocenters. The third kappa shape index (κ3) is 5.21. The summed E-state index contributed by atoms with van der Waals surface area (Å²) in [6.45, 7) is 0. The summed E-state index contributed by atoms with van der Waals surface area (Å²) < 4.78 is 2.67. The fraction of sp³-hybridized carbons (Fsp3) is 0.0435. The van der Waals surface area contributed by atoms with Crippen LogP contribution in [0.3, 0.4) is 0 Å². The average Bonchev–Trinajstić information content (AvgIpc) is 3.54. The van der Waals surface area contributed by atoms with Gasteiger partial charge in [-0.05, 0) is 93.0 Å². The highest BCUT2D eigenvalue weighted by atomic mass is 32.1. The Labute approximate surface area is 285 Å². The molecule has 228 valence electrons. The molecule has 0 saturated heterocycles. The van der Waals surface area contributed by atoms with Crippen LogP contribution in [0.25, 0.3) is 58.8 Å². The monoisotopic (exact) mass is 631 g/mol. The van der Waals surface area contributed by atoms with Crippen LogP contribution in [0.5, 0.6) is 0 Å². The second kappa shape index (κ2) is 12.2. The zero-order chi connectivity index (χ0) is 31.9. The van der Waals surface area contributed by atoms with E-state index in [-0.39, 0.29) is 6.04 Å². The van der Waals surface area contributed by atoms with Crippen molar-refractivity contribution >= 4 is 59.2 Å². The summed E-state index contributed by atoms with van der Waals surface area (Å²) in [5, 5.41) is 5.21. The Morgan fingerprint density at radius 1 is 0.479 bits per heavy atom. The van der Waals surface area contributed by atoms with Crippen molar-refractivity contribution in [2.45, 2.75) is 12.5 Å². The van der Waals surface area contributed by atoms with E-state index in [1.807, 2.05) is 11.3 Å². The molecule has 1 heterocycles. The number of nitrogens with zero attached hydrogens (tertiary/aromatic N) is 1. The van der Waals surface area contributed by atoms with Gasteiger partial charge in [0.25, 0.3) is 0 Å². The van der Waals surface area contributed by atoms with Gasteiger partial charge in [-0.2, -0.15) is 0 Å². The molecule has 2 heteroatoms. The second-order valence-corrected chi connectivity index (χ2v) is 13.6. The number of anilines is 2. The van der Waals surface area contributed by atoms with E-state index in [4.69, 9.17) is 0 Å². The van der Waals surface area contributed by atoms with Crippen LogP contribution in [0.15, 0.2) is 182 Å². The number of hydrogen-bond donors (Lipinski definition) is 0. The third-order valence-electron chi connectivity index (χ3n) is 9.62.